The Kier molecular flexibility index (Phi) is 5.44. The number of piperazine rings is 1. The second kappa shape index (κ2) is 7.31. The van der Waals surface area contributed by atoms with Gasteiger partial charge in [-0.15, -0.1) is 0 Å². The van der Waals surface area contributed by atoms with E-state index in [1.807, 2.05) is 17.0 Å². The lowest BCUT2D eigenvalue weighted by Crippen LogP contribution is -2.50. The van der Waals surface area contributed by atoms with Crippen LogP contribution in [-0.2, 0) is 4.79 Å². The first-order valence-electron chi connectivity index (χ1n) is 7.56. The van der Waals surface area contributed by atoms with E-state index < -0.39 is 0 Å². The Labute approximate surface area is 126 Å². The van der Waals surface area contributed by atoms with Crippen molar-refractivity contribution in [3.63, 3.8) is 0 Å². The fourth-order valence-electron chi connectivity index (χ4n) is 2.47. The molecule has 1 fully saturated rings. The number of hydrogen-bond acceptors (Lipinski definition) is 4. The number of anilines is 1. The molecule has 0 atom stereocenters. The first-order valence-corrected chi connectivity index (χ1v) is 7.56. The molecule has 1 aromatic rings. The van der Waals surface area contributed by atoms with Crippen LogP contribution in [0.3, 0.4) is 0 Å². The molecular formula is C16H25N3O2. The Balaban J connectivity index is 1.69. The summed E-state index contributed by atoms with van der Waals surface area (Å²) in [5.74, 6) is 0.926. The molecule has 0 unspecified atom stereocenters. The number of benzene rings is 1. The largest absolute Gasteiger partial charge is 0.493 e. The van der Waals surface area contributed by atoms with Crippen LogP contribution in [0.2, 0.25) is 0 Å². The molecule has 0 spiro atoms. The van der Waals surface area contributed by atoms with E-state index in [0.717, 1.165) is 31.9 Å². The van der Waals surface area contributed by atoms with Crippen LogP contribution in [0.15, 0.2) is 24.3 Å². The van der Waals surface area contributed by atoms with E-state index in [1.54, 1.807) is 12.1 Å². The molecule has 21 heavy (non-hydrogen) atoms. The number of carbonyl (C=O) groups is 1. The van der Waals surface area contributed by atoms with E-state index in [4.69, 9.17) is 10.5 Å². The molecular weight excluding hydrogens is 266 g/mol. The summed E-state index contributed by atoms with van der Waals surface area (Å²) in [5.41, 5.74) is 6.32. The van der Waals surface area contributed by atoms with Crippen LogP contribution in [-0.4, -0.2) is 54.5 Å². The minimum atomic E-state index is 0.175. The quantitative estimate of drug-likeness (QED) is 0.837. The summed E-state index contributed by atoms with van der Waals surface area (Å²) in [5, 5.41) is 0. The maximum atomic E-state index is 12.1. The fourth-order valence-corrected chi connectivity index (χ4v) is 2.47. The van der Waals surface area contributed by atoms with Crippen molar-refractivity contribution in [2.75, 3.05) is 38.5 Å². The van der Waals surface area contributed by atoms with Gasteiger partial charge in [0.1, 0.15) is 5.75 Å². The predicted molar refractivity (Wildman–Crippen MR) is 84.3 cm³/mol. The van der Waals surface area contributed by atoms with Crippen molar-refractivity contribution in [1.29, 1.82) is 0 Å². The van der Waals surface area contributed by atoms with E-state index in [9.17, 15) is 4.79 Å². The Bertz CT molecular complexity index is 451. The fraction of sp³-hybridized carbons (Fsp3) is 0.562. The van der Waals surface area contributed by atoms with E-state index in [1.165, 1.54) is 0 Å². The van der Waals surface area contributed by atoms with E-state index >= 15 is 0 Å². The normalized spacial score (nSPS) is 16.2. The van der Waals surface area contributed by atoms with Gasteiger partial charge in [-0.05, 0) is 38.1 Å². The Morgan fingerprint density at radius 1 is 1.19 bits per heavy atom. The molecule has 1 aromatic carbocycles. The molecule has 0 radical (unpaired) electrons. The van der Waals surface area contributed by atoms with Gasteiger partial charge in [-0.3, -0.25) is 9.69 Å². The lowest BCUT2D eigenvalue weighted by molar-refractivity contribution is -0.133. The third-order valence-electron chi connectivity index (χ3n) is 3.86. The van der Waals surface area contributed by atoms with Crippen molar-refractivity contribution >= 4 is 11.6 Å². The third-order valence-corrected chi connectivity index (χ3v) is 3.86. The molecule has 0 bridgehead atoms. The first kappa shape index (κ1) is 15.6. The number of nitrogens with zero attached hydrogens (tertiary/aromatic N) is 2. The van der Waals surface area contributed by atoms with Crippen LogP contribution in [0, 0.1) is 0 Å². The smallest absolute Gasteiger partial charge is 0.226 e. The molecule has 1 aliphatic heterocycles. The van der Waals surface area contributed by atoms with Gasteiger partial charge < -0.3 is 15.4 Å². The average molecular weight is 291 g/mol. The van der Waals surface area contributed by atoms with Crippen LogP contribution in [0.1, 0.15) is 20.3 Å². The number of amides is 1. The number of nitrogens with two attached hydrogens (primary N) is 1. The minimum absolute atomic E-state index is 0.175. The Hall–Kier alpha value is -1.75. The van der Waals surface area contributed by atoms with Gasteiger partial charge in [0.2, 0.25) is 5.91 Å². The highest BCUT2D eigenvalue weighted by molar-refractivity contribution is 5.76. The number of nitrogen functional groups attached to an aromatic ring is 1. The molecule has 1 heterocycles. The lowest BCUT2D eigenvalue weighted by Gasteiger charge is -2.37. The summed E-state index contributed by atoms with van der Waals surface area (Å²) in [6.07, 6.45) is 0.423. The highest BCUT2D eigenvalue weighted by Crippen LogP contribution is 2.13. The number of ether oxygens (including phenoxy) is 1. The lowest BCUT2D eigenvalue weighted by atomic mass is 10.2. The summed E-state index contributed by atoms with van der Waals surface area (Å²) in [6.45, 7) is 8.35. The SMILES string of the molecule is CC(C)N1CCN(C(=O)CCOc2ccc(N)cc2)CC1. The second-order valence-corrected chi connectivity index (χ2v) is 5.68. The standard InChI is InChI=1S/C16H25N3O2/c1-13(2)18-8-10-19(11-9-18)16(20)7-12-21-15-5-3-14(17)4-6-15/h3-6,13H,7-12,17H2,1-2H3. The Morgan fingerprint density at radius 3 is 2.38 bits per heavy atom. The van der Waals surface area contributed by atoms with Crippen molar-refractivity contribution in [1.82, 2.24) is 9.80 Å². The van der Waals surface area contributed by atoms with E-state index in [2.05, 4.69) is 18.7 Å². The van der Waals surface area contributed by atoms with Gasteiger partial charge in [-0.2, -0.15) is 0 Å². The summed E-state index contributed by atoms with van der Waals surface area (Å²) in [6, 6.07) is 7.78. The van der Waals surface area contributed by atoms with Crippen molar-refractivity contribution in [2.24, 2.45) is 0 Å². The van der Waals surface area contributed by atoms with Crippen LogP contribution in [0.5, 0.6) is 5.75 Å². The van der Waals surface area contributed by atoms with E-state index in [0.29, 0.717) is 24.8 Å². The third kappa shape index (κ3) is 4.63. The predicted octanol–water partition coefficient (Wildman–Crippen LogP) is 1.59. The molecule has 2 rings (SSSR count). The van der Waals surface area contributed by atoms with Gasteiger partial charge >= 0.3 is 0 Å². The van der Waals surface area contributed by atoms with Crippen molar-refractivity contribution < 1.29 is 9.53 Å². The molecule has 1 amide bonds. The molecule has 1 aliphatic rings. The van der Waals surface area contributed by atoms with Crippen molar-refractivity contribution in [2.45, 2.75) is 26.3 Å². The van der Waals surface area contributed by atoms with E-state index in [-0.39, 0.29) is 5.91 Å². The molecule has 2 N–H and O–H groups in total. The summed E-state index contributed by atoms with van der Waals surface area (Å²) in [4.78, 5) is 16.5. The zero-order chi connectivity index (χ0) is 15.2. The molecule has 116 valence electrons. The molecule has 5 nitrogen and oxygen atoms in total. The van der Waals surface area contributed by atoms with Crippen LogP contribution < -0.4 is 10.5 Å². The highest BCUT2D eigenvalue weighted by atomic mass is 16.5. The Morgan fingerprint density at radius 2 is 1.81 bits per heavy atom. The van der Waals surface area contributed by atoms with Gasteiger partial charge in [0, 0.05) is 37.9 Å². The zero-order valence-corrected chi connectivity index (χ0v) is 12.9. The van der Waals surface area contributed by atoms with Gasteiger partial charge in [0.25, 0.3) is 0 Å². The minimum Gasteiger partial charge on any atom is -0.493 e. The summed E-state index contributed by atoms with van der Waals surface area (Å²) < 4.78 is 5.57. The van der Waals surface area contributed by atoms with Crippen LogP contribution >= 0.6 is 0 Å². The average Bonchev–Trinajstić information content (AvgIpc) is 2.49. The van der Waals surface area contributed by atoms with Crippen molar-refractivity contribution in [3.05, 3.63) is 24.3 Å². The number of carbonyl (C=O) groups excluding carboxylic acids is 1. The zero-order valence-electron chi connectivity index (χ0n) is 12.9. The maximum Gasteiger partial charge on any atom is 0.226 e. The van der Waals surface area contributed by atoms with Crippen molar-refractivity contribution in [3.8, 4) is 5.75 Å². The van der Waals surface area contributed by atoms with Gasteiger partial charge in [0.15, 0.2) is 0 Å². The molecule has 0 aromatic heterocycles. The number of rotatable bonds is 5. The van der Waals surface area contributed by atoms with Gasteiger partial charge in [-0.25, -0.2) is 0 Å². The van der Waals surface area contributed by atoms with Gasteiger partial charge in [-0.1, -0.05) is 0 Å². The van der Waals surface area contributed by atoms with Crippen LogP contribution in [0.4, 0.5) is 5.69 Å². The monoisotopic (exact) mass is 291 g/mol. The van der Waals surface area contributed by atoms with Gasteiger partial charge in [0.05, 0.1) is 13.0 Å². The summed E-state index contributed by atoms with van der Waals surface area (Å²) >= 11 is 0. The van der Waals surface area contributed by atoms with Crippen LogP contribution in [0.25, 0.3) is 0 Å². The maximum absolute atomic E-state index is 12.1. The topological polar surface area (TPSA) is 58.8 Å². The molecule has 0 aliphatic carbocycles. The number of hydrogen-bond donors (Lipinski definition) is 1. The molecule has 5 heteroatoms. The highest BCUT2D eigenvalue weighted by Gasteiger charge is 2.21. The molecule has 1 saturated heterocycles. The molecule has 0 saturated carbocycles. The summed E-state index contributed by atoms with van der Waals surface area (Å²) in [7, 11) is 0. The second-order valence-electron chi connectivity index (χ2n) is 5.68. The first-order chi connectivity index (χ1) is 10.1.